The van der Waals surface area contributed by atoms with Gasteiger partial charge in [-0.3, -0.25) is 14.4 Å². The second kappa shape index (κ2) is 7.75. The minimum Gasteiger partial charge on any atom is -0.469 e. The third-order valence-corrected chi connectivity index (χ3v) is 4.71. The van der Waals surface area contributed by atoms with Crippen LogP contribution in [0.15, 0.2) is 9.21 Å². The molecule has 0 saturated heterocycles. The third kappa shape index (κ3) is 3.75. The van der Waals surface area contributed by atoms with E-state index in [0.717, 1.165) is 0 Å². The second-order valence-electron chi connectivity index (χ2n) is 6.32. The number of methoxy groups -OCH3 is 1. The van der Waals surface area contributed by atoms with Crippen molar-refractivity contribution in [1.82, 2.24) is 0 Å². The Bertz CT molecular complexity index is 687. The molecule has 4 atom stereocenters. The monoisotopic (exact) mass is 338 g/mol. The molecule has 1 aromatic heterocycles. The first-order valence-corrected chi connectivity index (χ1v) is 7.94. The van der Waals surface area contributed by atoms with Crippen molar-refractivity contribution in [3.05, 3.63) is 32.9 Å². The van der Waals surface area contributed by atoms with Gasteiger partial charge in [-0.2, -0.15) is 0 Å². The van der Waals surface area contributed by atoms with E-state index in [0.29, 0.717) is 22.6 Å². The summed E-state index contributed by atoms with van der Waals surface area (Å²) in [6.07, 6.45) is -1.18. The molecule has 0 amide bonds. The molecule has 0 aliphatic carbocycles. The van der Waals surface area contributed by atoms with Crippen LogP contribution in [0, 0.1) is 32.6 Å². The molecule has 0 saturated carbocycles. The predicted octanol–water partition coefficient (Wildman–Crippen LogP) is 2.04. The molecule has 1 N–H and O–H groups in total. The fourth-order valence-electron chi connectivity index (χ4n) is 2.73. The molecule has 24 heavy (non-hydrogen) atoms. The maximum Gasteiger partial charge on any atom is 0.311 e. The van der Waals surface area contributed by atoms with Gasteiger partial charge in [0.25, 0.3) is 0 Å². The van der Waals surface area contributed by atoms with Crippen molar-refractivity contribution in [2.24, 2.45) is 11.8 Å². The Kier molecular flexibility index (Phi) is 6.49. The Balaban J connectivity index is 3.12. The van der Waals surface area contributed by atoms with Gasteiger partial charge in [0.05, 0.1) is 25.0 Å². The maximum absolute atomic E-state index is 12.7. The number of ether oxygens (including phenoxy) is 1. The average Bonchev–Trinajstić information content (AvgIpc) is 2.58. The number of aliphatic hydroxyl groups is 1. The number of aliphatic hydroxyl groups excluding tert-OH is 1. The topological polar surface area (TPSA) is 93.8 Å². The highest BCUT2D eigenvalue weighted by Crippen LogP contribution is 2.27. The Morgan fingerprint density at radius 2 is 1.58 bits per heavy atom. The number of esters is 1. The van der Waals surface area contributed by atoms with Gasteiger partial charge in [-0.05, 0) is 34.6 Å². The molecule has 0 aromatic carbocycles. The second-order valence-corrected chi connectivity index (χ2v) is 6.32. The highest BCUT2D eigenvalue weighted by molar-refractivity contribution is 5.88. The van der Waals surface area contributed by atoms with Gasteiger partial charge in [0.1, 0.15) is 17.3 Å². The summed E-state index contributed by atoms with van der Waals surface area (Å²) in [5.41, 5.74) is 0.759. The Hall–Kier alpha value is -1.95. The number of hydrogen-bond acceptors (Lipinski definition) is 6. The van der Waals surface area contributed by atoms with Crippen LogP contribution >= 0.6 is 0 Å². The first kappa shape index (κ1) is 20.1. The van der Waals surface area contributed by atoms with Gasteiger partial charge in [-0.1, -0.05) is 6.92 Å². The normalized spacial score (nSPS) is 16.2. The van der Waals surface area contributed by atoms with Gasteiger partial charge in [-0.15, -0.1) is 0 Å². The van der Waals surface area contributed by atoms with Crippen LogP contribution in [-0.4, -0.2) is 30.1 Å². The molecule has 6 nitrogen and oxygen atoms in total. The van der Waals surface area contributed by atoms with Gasteiger partial charge < -0.3 is 14.3 Å². The van der Waals surface area contributed by atoms with E-state index in [2.05, 4.69) is 4.74 Å². The highest BCUT2D eigenvalue weighted by Gasteiger charge is 2.35. The molecule has 1 rings (SSSR count). The third-order valence-electron chi connectivity index (χ3n) is 4.71. The Morgan fingerprint density at radius 1 is 1.04 bits per heavy atom. The van der Waals surface area contributed by atoms with Gasteiger partial charge in [0.15, 0.2) is 5.43 Å². The first-order valence-electron chi connectivity index (χ1n) is 7.94. The van der Waals surface area contributed by atoms with Crippen LogP contribution in [0.3, 0.4) is 0 Å². The van der Waals surface area contributed by atoms with Crippen molar-refractivity contribution >= 4 is 11.8 Å². The molecule has 0 aliphatic heterocycles. The van der Waals surface area contributed by atoms with E-state index in [9.17, 15) is 19.5 Å². The Morgan fingerprint density at radius 3 is 2.08 bits per heavy atom. The predicted molar refractivity (Wildman–Crippen MR) is 89.0 cm³/mol. The number of Topliss-reactive ketones (excluding diaryl/α,β-unsaturated/α-hetero) is 1. The lowest BCUT2D eigenvalue weighted by atomic mass is 9.84. The number of hydrogen-bond donors (Lipinski definition) is 1. The number of carbonyl (C=O) groups is 2. The van der Waals surface area contributed by atoms with Crippen LogP contribution < -0.4 is 5.43 Å². The summed E-state index contributed by atoms with van der Waals surface area (Å²) < 4.78 is 10.3. The molecule has 6 heteroatoms. The van der Waals surface area contributed by atoms with E-state index in [4.69, 9.17) is 4.42 Å². The lowest BCUT2D eigenvalue weighted by Gasteiger charge is -2.25. The van der Waals surface area contributed by atoms with Crippen LogP contribution in [0.25, 0.3) is 0 Å². The van der Waals surface area contributed by atoms with Crippen molar-refractivity contribution in [1.29, 1.82) is 0 Å². The average molecular weight is 338 g/mol. The van der Waals surface area contributed by atoms with Gasteiger partial charge in [0.2, 0.25) is 0 Å². The molecule has 0 fully saturated rings. The zero-order valence-corrected chi connectivity index (χ0v) is 15.3. The van der Waals surface area contributed by atoms with Gasteiger partial charge >= 0.3 is 5.97 Å². The van der Waals surface area contributed by atoms with Crippen molar-refractivity contribution in [3.8, 4) is 0 Å². The van der Waals surface area contributed by atoms with E-state index >= 15 is 0 Å². The molecule has 0 bridgehead atoms. The summed E-state index contributed by atoms with van der Waals surface area (Å²) in [5, 5.41) is 10.3. The summed E-state index contributed by atoms with van der Waals surface area (Å²) in [4.78, 5) is 36.4. The van der Waals surface area contributed by atoms with E-state index in [-0.39, 0.29) is 11.2 Å². The van der Waals surface area contributed by atoms with Crippen molar-refractivity contribution in [2.75, 3.05) is 7.11 Å². The number of ketones is 1. The molecular formula is C18H26O6. The summed E-state index contributed by atoms with van der Waals surface area (Å²) in [7, 11) is 1.23. The lowest BCUT2D eigenvalue weighted by Crippen LogP contribution is -2.37. The molecule has 134 valence electrons. The van der Waals surface area contributed by atoms with Crippen LogP contribution in [0.4, 0.5) is 0 Å². The molecule has 0 spiro atoms. The van der Waals surface area contributed by atoms with E-state index in [1.54, 1.807) is 34.6 Å². The number of aryl methyl sites for hydroxylation is 1. The SMILES string of the molecule is COC(=O)[C@@H](C)[C@@H](O)[C@@H](C)C(=O)[C@@H](C)c1oc(C)c(C)c(=O)c1C. The summed E-state index contributed by atoms with van der Waals surface area (Å²) in [6, 6.07) is 0. The molecule has 0 aliphatic rings. The molecular weight excluding hydrogens is 312 g/mol. The maximum atomic E-state index is 12.7. The minimum atomic E-state index is -1.18. The first-order chi connectivity index (χ1) is 11.0. The van der Waals surface area contributed by atoms with E-state index in [1.807, 2.05) is 0 Å². The fraction of sp³-hybridized carbons (Fsp3) is 0.611. The minimum absolute atomic E-state index is 0.149. The zero-order chi connectivity index (χ0) is 18.8. The largest absolute Gasteiger partial charge is 0.469 e. The van der Waals surface area contributed by atoms with Crippen LogP contribution in [0.2, 0.25) is 0 Å². The van der Waals surface area contributed by atoms with Gasteiger partial charge in [-0.25, -0.2) is 0 Å². The quantitative estimate of drug-likeness (QED) is 0.798. The number of rotatable bonds is 6. The number of carbonyl (C=O) groups excluding carboxylic acids is 2. The summed E-state index contributed by atoms with van der Waals surface area (Å²) >= 11 is 0. The van der Waals surface area contributed by atoms with Crippen molar-refractivity contribution in [3.63, 3.8) is 0 Å². The molecule has 1 heterocycles. The van der Waals surface area contributed by atoms with Crippen LogP contribution in [0.5, 0.6) is 0 Å². The summed E-state index contributed by atoms with van der Waals surface area (Å²) in [6.45, 7) is 9.66. The van der Waals surface area contributed by atoms with Crippen LogP contribution in [-0.2, 0) is 14.3 Å². The van der Waals surface area contributed by atoms with Gasteiger partial charge in [0, 0.05) is 17.0 Å². The standard InChI is InChI=1S/C18H26O6/c1-8-13(6)24-17(10(3)14(8)19)11(4)15(20)9(2)16(21)12(5)18(22)23-7/h9,11-12,16,21H,1-7H3/t9-,11+,12-,16-/m0/s1. The molecule has 0 unspecified atom stereocenters. The lowest BCUT2D eigenvalue weighted by molar-refractivity contribution is -0.150. The zero-order valence-electron chi connectivity index (χ0n) is 15.3. The summed E-state index contributed by atoms with van der Waals surface area (Å²) in [5.74, 6) is -2.44. The van der Waals surface area contributed by atoms with Crippen molar-refractivity contribution in [2.45, 2.75) is 53.6 Å². The smallest absolute Gasteiger partial charge is 0.311 e. The fourth-order valence-corrected chi connectivity index (χ4v) is 2.73. The molecule has 1 aromatic rings. The van der Waals surface area contributed by atoms with E-state index < -0.39 is 29.8 Å². The van der Waals surface area contributed by atoms with Crippen molar-refractivity contribution < 1.29 is 23.8 Å². The van der Waals surface area contributed by atoms with E-state index in [1.165, 1.54) is 14.0 Å². The van der Waals surface area contributed by atoms with Crippen LogP contribution in [0.1, 0.15) is 49.3 Å². The highest BCUT2D eigenvalue weighted by atomic mass is 16.5. The Labute approximate surface area is 141 Å². The molecule has 0 radical (unpaired) electrons.